The molecule has 3 aromatic rings. The second kappa shape index (κ2) is 6.93. The molecule has 0 atom stereocenters. The van der Waals surface area contributed by atoms with E-state index >= 15 is 0 Å². The van der Waals surface area contributed by atoms with Crippen LogP contribution in [0.2, 0.25) is 5.02 Å². The van der Waals surface area contributed by atoms with Crippen LogP contribution < -0.4 is 15.6 Å². The van der Waals surface area contributed by atoms with E-state index in [0.717, 1.165) is 5.56 Å². The van der Waals surface area contributed by atoms with Gasteiger partial charge in [0.05, 0.1) is 5.39 Å². The fraction of sp³-hybridized carbons (Fsp3) is 0.167. The second-order valence-electron chi connectivity index (χ2n) is 5.72. The number of aryl methyl sites for hydroxylation is 2. The lowest BCUT2D eigenvalue weighted by atomic mass is 10.1. The van der Waals surface area contributed by atoms with Gasteiger partial charge < -0.3 is 14.6 Å². The monoisotopic (exact) mass is 390 g/mol. The molecule has 8 heteroatoms. The van der Waals surface area contributed by atoms with Crippen LogP contribution in [0.15, 0.2) is 34.4 Å². The molecule has 0 bridgehead atoms. The van der Waals surface area contributed by atoms with E-state index in [2.05, 4.69) is 5.32 Å². The standard InChI is InChI=1S/C18H15ClN2O4S/c1-9-8-26-18-13(9)15(25-10(2)22)14(17(24)21(18)3)16(23)20-12-6-4-11(19)5-7-12/h4-8H,1-3H3,(H,20,23). The number of halogens is 1. The first kappa shape index (κ1) is 18.2. The van der Waals surface area contributed by atoms with Gasteiger partial charge in [-0.3, -0.25) is 14.4 Å². The van der Waals surface area contributed by atoms with Crippen molar-refractivity contribution in [1.29, 1.82) is 0 Å². The minimum absolute atomic E-state index is 0.0131. The molecule has 6 nitrogen and oxygen atoms in total. The Morgan fingerprint density at radius 3 is 2.50 bits per heavy atom. The highest BCUT2D eigenvalue weighted by atomic mass is 35.5. The highest BCUT2D eigenvalue weighted by Gasteiger charge is 2.26. The Hall–Kier alpha value is -2.64. The highest BCUT2D eigenvalue weighted by molar-refractivity contribution is 7.17. The van der Waals surface area contributed by atoms with Gasteiger partial charge >= 0.3 is 5.97 Å². The zero-order valence-corrected chi connectivity index (χ0v) is 15.8. The van der Waals surface area contributed by atoms with E-state index in [0.29, 0.717) is 20.9 Å². The van der Waals surface area contributed by atoms with Crippen molar-refractivity contribution in [3.63, 3.8) is 0 Å². The number of rotatable bonds is 3. The van der Waals surface area contributed by atoms with Crippen LogP contribution in [-0.2, 0) is 11.8 Å². The van der Waals surface area contributed by atoms with Crippen molar-refractivity contribution < 1.29 is 14.3 Å². The molecule has 1 N–H and O–H groups in total. The Kier molecular flexibility index (Phi) is 4.84. The van der Waals surface area contributed by atoms with Gasteiger partial charge in [0, 0.05) is 24.7 Å². The molecule has 1 amide bonds. The van der Waals surface area contributed by atoms with Crippen LogP contribution in [0.1, 0.15) is 22.8 Å². The van der Waals surface area contributed by atoms with E-state index in [1.165, 1.54) is 22.8 Å². The first-order chi connectivity index (χ1) is 12.3. The largest absolute Gasteiger partial charge is 0.425 e. The van der Waals surface area contributed by atoms with Crippen molar-refractivity contribution >= 4 is 50.7 Å². The number of benzene rings is 1. The highest BCUT2D eigenvalue weighted by Crippen LogP contribution is 2.34. The Morgan fingerprint density at radius 2 is 1.88 bits per heavy atom. The first-order valence-corrected chi connectivity index (χ1v) is 8.91. The van der Waals surface area contributed by atoms with Crippen LogP contribution in [0.5, 0.6) is 5.75 Å². The molecule has 1 aromatic carbocycles. The van der Waals surface area contributed by atoms with E-state index < -0.39 is 17.4 Å². The summed E-state index contributed by atoms with van der Waals surface area (Å²) in [6.07, 6.45) is 0. The molecule has 0 aliphatic carbocycles. The maximum absolute atomic E-state index is 12.8. The summed E-state index contributed by atoms with van der Waals surface area (Å²) < 4.78 is 6.67. The number of ether oxygens (including phenoxy) is 1. The van der Waals surface area contributed by atoms with Gasteiger partial charge in [-0.15, -0.1) is 11.3 Å². The summed E-state index contributed by atoms with van der Waals surface area (Å²) in [4.78, 5) is 37.8. The molecule has 2 aromatic heterocycles. The van der Waals surface area contributed by atoms with E-state index in [1.807, 2.05) is 12.3 Å². The molecule has 0 unspecified atom stereocenters. The molecule has 0 aliphatic heterocycles. The van der Waals surface area contributed by atoms with Crippen molar-refractivity contribution in [3.8, 4) is 5.75 Å². The van der Waals surface area contributed by atoms with E-state index in [4.69, 9.17) is 16.3 Å². The number of esters is 1. The predicted molar refractivity (Wildman–Crippen MR) is 103 cm³/mol. The third-order valence-electron chi connectivity index (χ3n) is 3.81. The third kappa shape index (κ3) is 3.23. The minimum atomic E-state index is -0.656. The molecule has 0 saturated carbocycles. The average molecular weight is 391 g/mol. The van der Waals surface area contributed by atoms with Crippen molar-refractivity contribution in [1.82, 2.24) is 4.57 Å². The topological polar surface area (TPSA) is 77.4 Å². The molecular weight excluding hydrogens is 376 g/mol. The number of hydrogen-bond acceptors (Lipinski definition) is 5. The molecule has 0 spiro atoms. The van der Waals surface area contributed by atoms with Gasteiger partial charge in [0.2, 0.25) is 0 Å². The average Bonchev–Trinajstić information content (AvgIpc) is 2.96. The first-order valence-electron chi connectivity index (χ1n) is 7.65. The Morgan fingerprint density at radius 1 is 1.23 bits per heavy atom. The van der Waals surface area contributed by atoms with Gasteiger partial charge in [-0.25, -0.2) is 0 Å². The Balaban J connectivity index is 2.19. The number of hydrogen-bond donors (Lipinski definition) is 1. The van der Waals surface area contributed by atoms with E-state index in [9.17, 15) is 14.4 Å². The lowest BCUT2D eigenvalue weighted by Gasteiger charge is -2.13. The van der Waals surface area contributed by atoms with E-state index in [1.54, 1.807) is 31.3 Å². The lowest BCUT2D eigenvalue weighted by Crippen LogP contribution is -2.29. The predicted octanol–water partition coefficient (Wildman–Crippen LogP) is 3.74. The smallest absolute Gasteiger partial charge is 0.308 e. The second-order valence-corrected chi connectivity index (χ2v) is 7.02. The zero-order valence-electron chi connectivity index (χ0n) is 14.3. The normalized spacial score (nSPS) is 10.8. The quantitative estimate of drug-likeness (QED) is 0.691. The van der Waals surface area contributed by atoms with Crippen LogP contribution in [0.25, 0.3) is 10.2 Å². The molecule has 2 heterocycles. The molecule has 26 heavy (non-hydrogen) atoms. The van der Waals surface area contributed by atoms with Crippen molar-refractivity contribution in [2.45, 2.75) is 13.8 Å². The van der Waals surface area contributed by atoms with Crippen LogP contribution in [0, 0.1) is 6.92 Å². The van der Waals surface area contributed by atoms with Gasteiger partial charge in [-0.2, -0.15) is 0 Å². The van der Waals surface area contributed by atoms with Gasteiger partial charge in [0.1, 0.15) is 10.4 Å². The number of nitrogens with zero attached hydrogens (tertiary/aromatic N) is 1. The Bertz CT molecular complexity index is 1080. The SMILES string of the molecule is CC(=O)Oc1c(C(=O)Nc2ccc(Cl)cc2)c(=O)n(C)c2scc(C)c12. The van der Waals surface area contributed by atoms with Crippen LogP contribution in [-0.4, -0.2) is 16.4 Å². The molecule has 0 aliphatic rings. The zero-order chi connectivity index (χ0) is 19.0. The van der Waals surface area contributed by atoms with Crippen molar-refractivity contribution in [2.24, 2.45) is 7.05 Å². The fourth-order valence-corrected chi connectivity index (χ4v) is 3.75. The van der Waals surface area contributed by atoms with Crippen LogP contribution in [0.3, 0.4) is 0 Å². The minimum Gasteiger partial charge on any atom is -0.425 e. The number of anilines is 1. The summed E-state index contributed by atoms with van der Waals surface area (Å²) in [6, 6.07) is 6.47. The maximum Gasteiger partial charge on any atom is 0.308 e. The van der Waals surface area contributed by atoms with Crippen molar-refractivity contribution in [2.75, 3.05) is 5.32 Å². The van der Waals surface area contributed by atoms with Gasteiger partial charge in [0.25, 0.3) is 11.5 Å². The van der Waals surface area contributed by atoms with Gasteiger partial charge in [0.15, 0.2) is 5.75 Å². The Labute approximate surface area is 158 Å². The van der Waals surface area contributed by atoms with Crippen LogP contribution >= 0.6 is 22.9 Å². The summed E-state index contributed by atoms with van der Waals surface area (Å²) in [5.41, 5.74) is 0.531. The van der Waals surface area contributed by atoms with Gasteiger partial charge in [-0.05, 0) is 42.1 Å². The number of nitrogens with one attached hydrogen (secondary N) is 1. The fourth-order valence-electron chi connectivity index (χ4n) is 2.61. The number of fused-ring (bicyclic) bond motifs is 1. The summed E-state index contributed by atoms with van der Waals surface area (Å²) >= 11 is 7.19. The molecule has 0 saturated heterocycles. The molecule has 0 radical (unpaired) electrons. The number of aromatic nitrogens is 1. The summed E-state index contributed by atoms with van der Waals surface area (Å²) in [5.74, 6) is -1.27. The third-order valence-corrected chi connectivity index (χ3v) is 5.23. The molecule has 3 rings (SSSR count). The van der Waals surface area contributed by atoms with Crippen molar-refractivity contribution in [3.05, 3.63) is 56.1 Å². The lowest BCUT2D eigenvalue weighted by molar-refractivity contribution is -0.131. The molecular formula is C18H15ClN2O4S. The maximum atomic E-state index is 12.8. The van der Waals surface area contributed by atoms with E-state index in [-0.39, 0.29) is 11.3 Å². The van der Waals surface area contributed by atoms with Crippen LogP contribution in [0.4, 0.5) is 5.69 Å². The summed E-state index contributed by atoms with van der Waals surface area (Å²) in [7, 11) is 1.58. The number of thiophene rings is 1. The molecule has 134 valence electrons. The number of amides is 1. The summed E-state index contributed by atoms with van der Waals surface area (Å²) in [5, 5.41) is 5.59. The summed E-state index contributed by atoms with van der Waals surface area (Å²) in [6.45, 7) is 3.06. The molecule has 0 fully saturated rings. The number of carbonyl (C=O) groups is 2. The number of pyridine rings is 1. The number of carbonyl (C=O) groups excluding carboxylic acids is 2. The van der Waals surface area contributed by atoms with Gasteiger partial charge in [-0.1, -0.05) is 11.6 Å².